The van der Waals surface area contributed by atoms with Crippen LogP contribution in [0.4, 0.5) is 14.5 Å². The van der Waals surface area contributed by atoms with Crippen molar-refractivity contribution in [2.75, 3.05) is 5.32 Å². The lowest BCUT2D eigenvalue weighted by atomic mass is 10.2. The fourth-order valence-corrected chi connectivity index (χ4v) is 1.94. The molecule has 1 amide bonds. The molecule has 1 N–H and O–H groups in total. The number of aryl methyl sites for hydroxylation is 1. The summed E-state index contributed by atoms with van der Waals surface area (Å²) in [5, 5.41) is 10.2. The molecule has 0 saturated heterocycles. The number of fused-ring (bicyclic) bond motifs is 1. The molecule has 0 radical (unpaired) electrons. The summed E-state index contributed by atoms with van der Waals surface area (Å²) in [5.41, 5.74) is 0.734. The highest BCUT2D eigenvalue weighted by atomic mass is 19.1. The van der Waals surface area contributed by atoms with Crippen LogP contribution < -0.4 is 5.32 Å². The Kier molecular flexibility index (Phi) is 3.09. The summed E-state index contributed by atoms with van der Waals surface area (Å²) in [5.74, 6) is -1.35. The van der Waals surface area contributed by atoms with Gasteiger partial charge in [-0.05, 0) is 31.2 Å². The monoisotopic (exact) mass is 288 g/mol. The fourth-order valence-electron chi connectivity index (χ4n) is 1.94. The van der Waals surface area contributed by atoms with Crippen LogP contribution in [-0.4, -0.2) is 20.5 Å². The molecule has 0 unspecified atom stereocenters. The van der Waals surface area contributed by atoms with Gasteiger partial charge in [0.2, 0.25) is 0 Å². The number of aromatic nitrogens is 3. The summed E-state index contributed by atoms with van der Waals surface area (Å²) in [6.07, 6.45) is 1.65. The summed E-state index contributed by atoms with van der Waals surface area (Å²) < 4.78 is 28.0. The Labute approximate surface area is 118 Å². The van der Waals surface area contributed by atoms with Crippen LogP contribution in [0, 0.1) is 18.6 Å². The lowest BCUT2D eigenvalue weighted by Crippen LogP contribution is -2.13. The molecule has 0 aliphatic heterocycles. The molecule has 0 aliphatic rings. The Morgan fingerprint density at radius 2 is 2.00 bits per heavy atom. The van der Waals surface area contributed by atoms with Crippen LogP contribution in [0.3, 0.4) is 0 Å². The number of nitrogens with zero attached hydrogens (tertiary/aromatic N) is 3. The minimum Gasteiger partial charge on any atom is -0.319 e. The zero-order valence-corrected chi connectivity index (χ0v) is 11.0. The number of anilines is 1. The number of carbonyl (C=O) groups is 1. The topological polar surface area (TPSA) is 59.3 Å². The van der Waals surface area contributed by atoms with Gasteiger partial charge in [0.1, 0.15) is 17.5 Å². The first-order valence-electron chi connectivity index (χ1n) is 6.12. The molecule has 2 heterocycles. The number of halogens is 2. The number of pyridine rings is 1. The second kappa shape index (κ2) is 4.93. The number of nitrogens with one attached hydrogen (secondary N) is 1. The highest BCUT2D eigenvalue weighted by molar-refractivity contribution is 6.04. The molecule has 0 bridgehead atoms. The Balaban J connectivity index is 1.89. The summed E-state index contributed by atoms with van der Waals surface area (Å²) >= 11 is 0. The maximum absolute atomic E-state index is 13.5. The Hall–Kier alpha value is -2.83. The predicted octanol–water partition coefficient (Wildman–Crippen LogP) is 2.57. The van der Waals surface area contributed by atoms with Crippen molar-refractivity contribution >= 4 is 17.2 Å². The molecule has 3 aromatic rings. The van der Waals surface area contributed by atoms with Crippen molar-refractivity contribution in [1.82, 2.24) is 14.6 Å². The maximum Gasteiger partial charge on any atom is 0.255 e. The van der Waals surface area contributed by atoms with E-state index in [9.17, 15) is 13.6 Å². The van der Waals surface area contributed by atoms with Gasteiger partial charge in [-0.15, -0.1) is 10.2 Å². The molecule has 1 aromatic carbocycles. The third-order valence-electron chi connectivity index (χ3n) is 3.02. The fraction of sp³-hybridized carbons (Fsp3) is 0.0714. The third-order valence-corrected chi connectivity index (χ3v) is 3.02. The highest BCUT2D eigenvalue weighted by Gasteiger charge is 2.11. The van der Waals surface area contributed by atoms with Gasteiger partial charge in [0, 0.05) is 17.8 Å². The van der Waals surface area contributed by atoms with Gasteiger partial charge in [-0.3, -0.25) is 9.20 Å². The molecule has 0 spiro atoms. The first-order chi connectivity index (χ1) is 10.0. The van der Waals surface area contributed by atoms with Crippen molar-refractivity contribution in [1.29, 1.82) is 0 Å². The number of amides is 1. The van der Waals surface area contributed by atoms with Crippen molar-refractivity contribution in [3.8, 4) is 0 Å². The summed E-state index contributed by atoms with van der Waals surface area (Å²) in [6.45, 7) is 1.79. The van der Waals surface area contributed by atoms with Crippen LogP contribution in [0.1, 0.15) is 16.2 Å². The molecule has 0 aliphatic carbocycles. The number of hydrogen-bond donors (Lipinski definition) is 1. The number of carbonyl (C=O) groups excluding carboxylic acids is 1. The summed E-state index contributed by atoms with van der Waals surface area (Å²) in [6, 6.07) is 6.06. The van der Waals surface area contributed by atoms with E-state index in [1.165, 1.54) is 12.1 Å². The molecule has 2 aromatic heterocycles. The van der Waals surface area contributed by atoms with Crippen LogP contribution in [-0.2, 0) is 0 Å². The van der Waals surface area contributed by atoms with Crippen molar-refractivity contribution in [2.24, 2.45) is 0 Å². The van der Waals surface area contributed by atoms with E-state index in [1.54, 1.807) is 23.6 Å². The SMILES string of the molecule is Cc1nnc2cc(C(=O)Nc3ccc(F)cc3F)ccn12. The second-order valence-corrected chi connectivity index (χ2v) is 4.47. The van der Waals surface area contributed by atoms with Crippen molar-refractivity contribution in [2.45, 2.75) is 6.92 Å². The van der Waals surface area contributed by atoms with Crippen LogP contribution in [0.2, 0.25) is 0 Å². The third kappa shape index (κ3) is 2.45. The first kappa shape index (κ1) is 13.2. The number of rotatable bonds is 2. The van der Waals surface area contributed by atoms with E-state index >= 15 is 0 Å². The minimum atomic E-state index is -0.831. The average molecular weight is 288 g/mol. The molecule has 106 valence electrons. The van der Waals surface area contributed by atoms with Gasteiger partial charge in [0.15, 0.2) is 5.65 Å². The lowest BCUT2D eigenvalue weighted by Gasteiger charge is -2.06. The van der Waals surface area contributed by atoms with Gasteiger partial charge in [-0.1, -0.05) is 0 Å². The average Bonchev–Trinajstić information content (AvgIpc) is 2.83. The van der Waals surface area contributed by atoms with E-state index < -0.39 is 17.5 Å². The van der Waals surface area contributed by atoms with Gasteiger partial charge in [-0.25, -0.2) is 8.78 Å². The van der Waals surface area contributed by atoms with E-state index in [-0.39, 0.29) is 5.69 Å². The quantitative estimate of drug-likeness (QED) is 0.788. The molecule has 0 atom stereocenters. The smallest absolute Gasteiger partial charge is 0.255 e. The number of hydrogen-bond acceptors (Lipinski definition) is 3. The van der Waals surface area contributed by atoms with Gasteiger partial charge in [0.05, 0.1) is 5.69 Å². The number of benzene rings is 1. The van der Waals surface area contributed by atoms with E-state index in [0.29, 0.717) is 23.1 Å². The van der Waals surface area contributed by atoms with Gasteiger partial charge in [0.25, 0.3) is 5.91 Å². The molecule has 7 heteroatoms. The molecule has 3 rings (SSSR count). The van der Waals surface area contributed by atoms with Crippen molar-refractivity contribution in [3.05, 3.63) is 59.6 Å². The molecule has 5 nitrogen and oxygen atoms in total. The van der Waals surface area contributed by atoms with Crippen LogP contribution >= 0.6 is 0 Å². The van der Waals surface area contributed by atoms with E-state index in [4.69, 9.17) is 0 Å². The van der Waals surface area contributed by atoms with E-state index in [2.05, 4.69) is 15.5 Å². The first-order valence-corrected chi connectivity index (χ1v) is 6.12. The van der Waals surface area contributed by atoms with E-state index in [1.807, 2.05) is 0 Å². The van der Waals surface area contributed by atoms with Crippen LogP contribution in [0.15, 0.2) is 36.5 Å². The van der Waals surface area contributed by atoms with Gasteiger partial charge < -0.3 is 5.32 Å². The molecular weight excluding hydrogens is 278 g/mol. The Morgan fingerprint density at radius 3 is 2.76 bits per heavy atom. The maximum atomic E-state index is 13.5. The lowest BCUT2D eigenvalue weighted by molar-refractivity contribution is 0.102. The van der Waals surface area contributed by atoms with Gasteiger partial charge in [-0.2, -0.15) is 0 Å². The zero-order valence-electron chi connectivity index (χ0n) is 11.0. The summed E-state index contributed by atoms with van der Waals surface area (Å²) in [7, 11) is 0. The largest absolute Gasteiger partial charge is 0.319 e. The zero-order chi connectivity index (χ0) is 15.0. The minimum absolute atomic E-state index is 0.0843. The molecule has 21 heavy (non-hydrogen) atoms. The van der Waals surface area contributed by atoms with Crippen LogP contribution in [0.5, 0.6) is 0 Å². The van der Waals surface area contributed by atoms with Crippen molar-refractivity contribution in [3.63, 3.8) is 0 Å². The van der Waals surface area contributed by atoms with E-state index in [0.717, 1.165) is 6.07 Å². The van der Waals surface area contributed by atoms with Crippen LogP contribution in [0.25, 0.3) is 5.65 Å². The molecule has 0 saturated carbocycles. The highest BCUT2D eigenvalue weighted by Crippen LogP contribution is 2.16. The van der Waals surface area contributed by atoms with Gasteiger partial charge >= 0.3 is 0 Å². The molecule has 0 fully saturated rings. The Bertz CT molecular complexity index is 844. The molecular formula is C14H10F2N4O. The Morgan fingerprint density at radius 1 is 1.19 bits per heavy atom. The standard InChI is InChI=1S/C14H10F2N4O/c1-8-18-19-13-6-9(4-5-20(8)13)14(21)17-12-3-2-10(15)7-11(12)16/h2-7H,1H3,(H,17,21). The van der Waals surface area contributed by atoms with Crippen molar-refractivity contribution < 1.29 is 13.6 Å². The predicted molar refractivity (Wildman–Crippen MR) is 72.0 cm³/mol. The second-order valence-electron chi connectivity index (χ2n) is 4.47. The normalized spacial score (nSPS) is 10.8. The summed E-state index contributed by atoms with van der Waals surface area (Å²) in [4.78, 5) is 12.1.